The summed E-state index contributed by atoms with van der Waals surface area (Å²) in [5, 5.41) is -0.226. The average Bonchev–Trinajstić information content (AvgIpc) is 3.08. The van der Waals surface area contributed by atoms with Crippen LogP contribution in [-0.2, 0) is 16.2 Å². The summed E-state index contributed by atoms with van der Waals surface area (Å²) in [6.45, 7) is 0. The minimum Gasteiger partial charge on any atom is -0.237 e. The molecule has 0 saturated heterocycles. The second kappa shape index (κ2) is 6.82. The molecule has 0 atom stereocenters. The number of benzene rings is 1. The Labute approximate surface area is 167 Å². The molecule has 0 aliphatic rings. The van der Waals surface area contributed by atoms with Gasteiger partial charge in [0, 0.05) is 29.5 Å². The molecule has 4 aromatic rings. The summed E-state index contributed by atoms with van der Waals surface area (Å²) in [4.78, 5) is 11.2. The van der Waals surface area contributed by atoms with Gasteiger partial charge < -0.3 is 0 Å². The van der Waals surface area contributed by atoms with Crippen LogP contribution < -0.4 is 0 Å². The van der Waals surface area contributed by atoms with Crippen LogP contribution in [0.5, 0.6) is 0 Å². The predicted octanol–water partition coefficient (Wildman–Crippen LogP) is 4.40. The molecule has 0 radical (unpaired) electrons. The number of hydrogen-bond donors (Lipinski definition) is 0. The van der Waals surface area contributed by atoms with Crippen molar-refractivity contribution in [3.63, 3.8) is 0 Å². The van der Waals surface area contributed by atoms with Gasteiger partial charge in [-0.3, -0.25) is 0 Å². The lowest BCUT2D eigenvalue weighted by atomic mass is 10.1. The zero-order valence-electron chi connectivity index (χ0n) is 14.3. The van der Waals surface area contributed by atoms with E-state index < -0.39 is 32.7 Å². The quantitative estimate of drug-likeness (QED) is 0.443. The Morgan fingerprint density at radius 2 is 1.72 bits per heavy atom. The summed E-state index contributed by atoms with van der Waals surface area (Å²) in [7, 11) is -4.11. The predicted molar refractivity (Wildman–Crippen MR) is 99.8 cm³/mol. The molecule has 6 nitrogen and oxygen atoms in total. The van der Waals surface area contributed by atoms with Crippen LogP contribution in [0.25, 0.3) is 22.3 Å². The molecular weight excluding hydrogens is 429 g/mol. The van der Waals surface area contributed by atoms with Gasteiger partial charge in [-0.15, -0.1) is 0 Å². The number of aromatic nitrogens is 4. The van der Waals surface area contributed by atoms with Gasteiger partial charge in [-0.05, 0) is 35.9 Å². The van der Waals surface area contributed by atoms with E-state index >= 15 is 0 Å². The van der Waals surface area contributed by atoms with Crippen molar-refractivity contribution >= 4 is 32.7 Å². The minimum absolute atomic E-state index is 0.0331. The fraction of sp³-hybridized carbons (Fsp3) is 0.0556. The van der Waals surface area contributed by atoms with Crippen molar-refractivity contribution in [2.75, 3.05) is 0 Å². The van der Waals surface area contributed by atoms with Gasteiger partial charge in [0.25, 0.3) is 10.0 Å². The van der Waals surface area contributed by atoms with Crippen molar-refractivity contribution in [3.8, 4) is 11.3 Å². The summed E-state index contributed by atoms with van der Waals surface area (Å²) in [5.41, 5.74) is -1.78. The van der Waals surface area contributed by atoms with Gasteiger partial charge in [0.1, 0.15) is 5.56 Å². The Morgan fingerprint density at radius 3 is 2.41 bits per heavy atom. The molecule has 0 aliphatic carbocycles. The first-order valence-electron chi connectivity index (χ1n) is 8.06. The SMILES string of the molecule is O=S(=O)(c1ccccc1)n1cc(-c2nc(Cl)ncc2C(F)(F)F)c2cccnc21. The molecule has 3 aromatic heterocycles. The molecular formula is C18H10ClF3N4O2S. The first-order valence-corrected chi connectivity index (χ1v) is 9.88. The van der Waals surface area contributed by atoms with E-state index in [2.05, 4.69) is 15.0 Å². The van der Waals surface area contributed by atoms with Crippen LogP contribution in [-0.4, -0.2) is 27.3 Å². The van der Waals surface area contributed by atoms with Crippen LogP contribution in [0.1, 0.15) is 5.56 Å². The molecule has 0 N–H and O–H groups in total. The summed E-state index contributed by atoms with van der Waals surface area (Å²) in [6.07, 6.45) is -1.79. The van der Waals surface area contributed by atoms with E-state index in [1.807, 2.05) is 0 Å². The normalized spacial score (nSPS) is 12.4. The highest BCUT2D eigenvalue weighted by molar-refractivity contribution is 7.90. The van der Waals surface area contributed by atoms with E-state index in [0.717, 1.165) is 10.2 Å². The van der Waals surface area contributed by atoms with Gasteiger partial charge in [0.05, 0.1) is 10.6 Å². The number of halogens is 4. The standard InChI is InChI=1S/C18H10ClF3N4O2S/c19-17-24-9-14(18(20,21)22)15(25-17)13-10-26(16-12(13)7-4-8-23-16)29(27,28)11-5-2-1-3-6-11/h1-10H. The van der Waals surface area contributed by atoms with Crippen LogP contribution in [0.3, 0.4) is 0 Å². The molecule has 11 heteroatoms. The Bertz CT molecular complexity index is 1320. The zero-order valence-corrected chi connectivity index (χ0v) is 15.9. The molecule has 29 heavy (non-hydrogen) atoms. The van der Waals surface area contributed by atoms with Crippen LogP contribution in [0.15, 0.2) is 66.0 Å². The number of alkyl halides is 3. The average molecular weight is 439 g/mol. The molecule has 4 rings (SSSR count). The van der Waals surface area contributed by atoms with Gasteiger partial charge in [-0.2, -0.15) is 13.2 Å². The van der Waals surface area contributed by atoms with Crippen molar-refractivity contribution in [3.05, 3.63) is 71.9 Å². The molecule has 0 saturated carbocycles. The first kappa shape index (κ1) is 19.3. The van der Waals surface area contributed by atoms with Crippen LogP contribution in [0.4, 0.5) is 13.2 Å². The third kappa shape index (κ3) is 3.34. The number of pyridine rings is 1. The minimum atomic E-state index is -4.77. The van der Waals surface area contributed by atoms with Crippen molar-refractivity contribution < 1.29 is 21.6 Å². The highest BCUT2D eigenvalue weighted by Crippen LogP contribution is 2.39. The van der Waals surface area contributed by atoms with Crippen molar-refractivity contribution in [1.29, 1.82) is 0 Å². The lowest BCUT2D eigenvalue weighted by Crippen LogP contribution is -2.12. The number of hydrogen-bond acceptors (Lipinski definition) is 5. The summed E-state index contributed by atoms with van der Waals surface area (Å²) < 4.78 is 67.5. The van der Waals surface area contributed by atoms with E-state index in [1.54, 1.807) is 18.2 Å². The van der Waals surface area contributed by atoms with E-state index in [1.165, 1.54) is 30.5 Å². The molecule has 0 aliphatic heterocycles. The Hall–Kier alpha value is -2.98. The molecule has 0 fully saturated rings. The molecule has 148 valence electrons. The van der Waals surface area contributed by atoms with E-state index in [0.29, 0.717) is 6.20 Å². The fourth-order valence-corrected chi connectivity index (χ4v) is 4.36. The maximum absolute atomic E-state index is 13.5. The van der Waals surface area contributed by atoms with Gasteiger partial charge >= 0.3 is 6.18 Å². The van der Waals surface area contributed by atoms with Crippen LogP contribution in [0, 0.1) is 0 Å². The second-order valence-corrected chi connectivity index (χ2v) is 8.08. The lowest BCUT2D eigenvalue weighted by molar-refractivity contribution is -0.137. The monoisotopic (exact) mass is 438 g/mol. The van der Waals surface area contributed by atoms with E-state index in [4.69, 9.17) is 11.6 Å². The maximum Gasteiger partial charge on any atom is 0.419 e. The third-order valence-corrected chi connectivity index (χ3v) is 6.00. The van der Waals surface area contributed by atoms with Gasteiger partial charge in [0.15, 0.2) is 5.65 Å². The Morgan fingerprint density at radius 1 is 1.00 bits per heavy atom. The summed E-state index contributed by atoms with van der Waals surface area (Å²) in [6, 6.07) is 10.4. The number of fused-ring (bicyclic) bond motifs is 1. The Kier molecular flexibility index (Phi) is 4.55. The topological polar surface area (TPSA) is 77.7 Å². The van der Waals surface area contributed by atoms with Crippen molar-refractivity contribution in [2.45, 2.75) is 11.1 Å². The van der Waals surface area contributed by atoms with Gasteiger partial charge in [-0.25, -0.2) is 27.3 Å². The summed E-state index contributed by atoms with van der Waals surface area (Å²) in [5.74, 6) is 0. The first-order chi connectivity index (χ1) is 13.7. The molecule has 0 bridgehead atoms. The number of rotatable bonds is 3. The zero-order chi connectivity index (χ0) is 20.8. The third-order valence-electron chi connectivity index (χ3n) is 4.15. The van der Waals surface area contributed by atoms with Gasteiger partial charge in [-0.1, -0.05) is 18.2 Å². The Balaban J connectivity index is 2.05. The fourth-order valence-electron chi connectivity index (χ4n) is 2.88. The lowest BCUT2D eigenvalue weighted by Gasteiger charge is -2.11. The van der Waals surface area contributed by atoms with Crippen molar-refractivity contribution in [1.82, 2.24) is 18.9 Å². The summed E-state index contributed by atoms with van der Waals surface area (Å²) >= 11 is 5.73. The second-order valence-electron chi connectivity index (χ2n) is 5.93. The van der Waals surface area contributed by atoms with E-state index in [-0.39, 0.29) is 21.5 Å². The number of nitrogens with zero attached hydrogens (tertiary/aromatic N) is 4. The molecule has 1 aromatic carbocycles. The largest absolute Gasteiger partial charge is 0.419 e. The molecule has 0 unspecified atom stereocenters. The highest BCUT2D eigenvalue weighted by Gasteiger charge is 2.36. The van der Waals surface area contributed by atoms with Crippen LogP contribution in [0.2, 0.25) is 5.28 Å². The molecule has 0 spiro atoms. The maximum atomic E-state index is 13.5. The highest BCUT2D eigenvalue weighted by atomic mass is 35.5. The van der Waals surface area contributed by atoms with Crippen molar-refractivity contribution in [2.24, 2.45) is 0 Å². The van der Waals surface area contributed by atoms with Gasteiger partial charge in [0.2, 0.25) is 5.28 Å². The molecule has 0 amide bonds. The smallest absolute Gasteiger partial charge is 0.237 e. The van der Waals surface area contributed by atoms with E-state index in [9.17, 15) is 21.6 Å². The van der Waals surface area contributed by atoms with Crippen LogP contribution >= 0.6 is 11.6 Å². The molecule has 3 heterocycles.